The summed E-state index contributed by atoms with van der Waals surface area (Å²) in [5, 5.41) is 1.97. The normalized spacial score (nSPS) is 10.6. The van der Waals surface area contributed by atoms with Gasteiger partial charge in [0.2, 0.25) is 0 Å². The van der Waals surface area contributed by atoms with Gasteiger partial charge in [0.05, 0.1) is 17.6 Å². The van der Waals surface area contributed by atoms with Crippen molar-refractivity contribution in [3.63, 3.8) is 0 Å². The zero-order valence-electron chi connectivity index (χ0n) is 11.5. The highest BCUT2D eigenvalue weighted by Crippen LogP contribution is 2.19. The fourth-order valence-electron chi connectivity index (χ4n) is 1.86. The predicted molar refractivity (Wildman–Crippen MR) is 85.0 cm³/mol. The van der Waals surface area contributed by atoms with Crippen LogP contribution in [0.3, 0.4) is 0 Å². The Hall–Kier alpha value is -1.24. The van der Waals surface area contributed by atoms with Crippen molar-refractivity contribution in [3.05, 3.63) is 56.4 Å². The van der Waals surface area contributed by atoms with E-state index in [0.717, 1.165) is 4.88 Å². The van der Waals surface area contributed by atoms with Gasteiger partial charge in [0, 0.05) is 24.1 Å². The predicted octanol–water partition coefficient (Wildman–Crippen LogP) is 3.94. The van der Waals surface area contributed by atoms with Gasteiger partial charge in [0.15, 0.2) is 0 Å². The standard InChI is InChI=1S/C15H15BrFNO2S/c1-20-7-6-18(10-12-3-2-8-21-12)15(19)11-4-5-14(17)13(16)9-11/h2-5,8-9H,6-7,10H2,1H3. The molecular formula is C15H15BrFNO2S. The lowest BCUT2D eigenvalue weighted by atomic mass is 10.2. The van der Waals surface area contributed by atoms with E-state index in [2.05, 4.69) is 15.9 Å². The first-order valence-corrected chi connectivity index (χ1v) is 8.04. The molecule has 2 aromatic rings. The fourth-order valence-corrected chi connectivity index (χ4v) is 2.95. The van der Waals surface area contributed by atoms with E-state index < -0.39 is 0 Å². The smallest absolute Gasteiger partial charge is 0.254 e. The van der Waals surface area contributed by atoms with Crippen LogP contribution in [-0.4, -0.2) is 31.1 Å². The van der Waals surface area contributed by atoms with Crippen molar-refractivity contribution in [2.24, 2.45) is 0 Å². The van der Waals surface area contributed by atoms with E-state index in [4.69, 9.17) is 4.74 Å². The second kappa shape index (κ2) is 7.68. The summed E-state index contributed by atoms with van der Waals surface area (Å²) in [5.74, 6) is -0.519. The van der Waals surface area contributed by atoms with Crippen LogP contribution in [0.5, 0.6) is 0 Å². The average molecular weight is 372 g/mol. The number of halogens is 2. The number of nitrogens with zero attached hydrogens (tertiary/aromatic N) is 1. The van der Waals surface area contributed by atoms with Crippen LogP contribution in [0.25, 0.3) is 0 Å². The number of methoxy groups -OCH3 is 1. The fraction of sp³-hybridized carbons (Fsp3) is 0.267. The molecule has 0 bridgehead atoms. The zero-order valence-corrected chi connectivity index (χ0v) is 13.9. The molecule has 0 aliphatic carbocycles. The summed E-state index contributed by atoms with van der Waals surface area (Å²) >= 11 is 4.71. The van der Waals surface area contributed by atoms with Gasteiger partial charge in [-0.05, 0) is 45.6 Å². The van der Waals surface area contributed by atoms with Gasteiger partial charge < -0.3 is 9.64 Å². The lowest BCUT2D eigenvalue weighted by molar-refractivity contribution is 0.0682. The van der Waals surface area contributed by atoms with Crippen molar-refractivity contribution >= 4 is 33.2 Å². The molecule has 0 radical (unpaired) electrons. The van der Waals surface area contributed by atoms with Crippen molar-refractivity contribution in [1.82, 2.24) is 4.90 Å². The minimum absolute atomic E-state index is 0.138. The molecule has 2 rings (SSSR count). The Morgan fingerprint density at radius 3 is 2.86 bits per heavy atom. The number of carbonyl (C=O) groups is 1. The highest BCUT2D eigenvalue weighted by molar-refractivity contribution is 9.10. The summed E-state index contributed by atoms with van der Waals surface area (Å²) in [6, 6.07) is 8.23. The van der Waals surface area contributed by atoms with Crippen molar-refractivity contribution in [1.29, 1.82) is 0 Å². The molecule has 112 valence electrons. The van der Waals surface area contributed by atoms with Crippen LogP contribution in [0.4, 0.5) is 4.39 Å². The monoisotopic (exact) mass is 371 g/mol. The third-order valence-corrected chi connectivity index (χ3v) is 4.41. The van der Waals surface area contributed by atoms with Crippen LogP contribution < -0.4 is 0 Å². The summed E-state index contributed by atoms with van der Waals surface area (Å²) in [5.41, 5.74) is 0.455. The summed E-state index contributed by atoms with van der Waals surface area (Å²) in [4.78, 5) is 15.4. The quantitative estimate of drug-likeness (QED) is 0.769. The SMILES string of the molecule is COCCN(Cc1cccs1)C(=O)c1ccc(F)c(Br)c1. The number of amides is 1. The molecule has 0 atom stereocenters. The molecule has 0 saturated carbocycles. The molecule has 0 N–H and O–H groups in total. The molecule has 0 aliphatic rings. The van der Waals surface area contributed by atoms with Gasteiger partial charge >= 0.3 is 0 Å². The number of benzene rings is 1. The van der Waals surface area contributed by atoms with Crippen LogP contribution in [0, 0.1) is 5.82 Å². The topological polar surface area (TPSA) is 29.5 Å². The van der Waals surface area contributed by atoms with Crippen LogP contribution in [-0.2, 0) is 11.3 Å². The third-order valence-electron chi connectivity index (χ3n) is 2.95. The molecule has 0 aliphatic heterocycles. The van der Waals surface area contributed by atoms with Gasteiger partial charge in [0.1, 0.15) is 5.82 Å². The van der Waals surface area contributed by atoms with E-state index in [1.165, 1.54) is 18.2 Å². The van der Waals surface area contributed by atoms with Gasteiger partial charge in [0.25, 0.3) is 5.91 Å². The van der Waals surface area contributed by atoms with Gasteiger partial charge in [-0.3, -0.25) is 4.79 Å². The molecule has 1 amide bonds. The minimum Gasteiger partial charge on any atom is -0.383 e. The zero-order chi connectivity index (χ0) is 15.2. The Kier molecular flexibility index (Phi) is 5.90. The Morgan fingerprint density at radius 2 is 2.24 bits per heavy atom. The van der Waals surface area contributed by atoms with E-state index in [1.54, 1.807) is 23.3 Å². The molecule has 21 heavy (non-hydrogen) atoms. The van der Waals surface area contributed by atoms with Gasteiger partial charge in [-0.1, -0.05) is 6.07 Å². The second-order valence-corrected chi connectivity index (χ2v) is 6.31. The number of carbonyl (C=O) groups excluding carboxylic acids is 1. The Labute approximate surface area is 135 Å². The van der Waals surface area contributed by atoms with Crippen LogP contribution in [0.1, 0.15) is 15.2 Å². The number of rotatable bonds is 6. The summed E-state index contributed by atoms with van der Waals surface area (Å²) < 4.78 is 18.6. The molecule has 0 fully saturated rings. The maximum Gasteiger partial charge on any atom is 0.254 e. The first-order valence-electron chi connectivity index (χ1n) is 6.37. The molecule has 3 nitrogen and oxygen atoms in total. The van der Waals surface area contributed by atoms with Gasteiger partial charge in [-0.15, -0.1) is 11.3 Å². The molecule has 1 heterocycles. The lowest BCUT2D eigenvalue weighted by Gasteiger charge is -2.22. The van der Waals surface area contributed by atoms with E-state index in [-0.39, 0.29) is 16.2 Å². The van der Waals surface area contributed by atoms with E-state index in [9.17, 15) is 9.18 Å². The minimum atomic E-state index is -0.381. The molecule has 6 heteroatoms. The third kappa shape index (κ3) is 4.36. The van der Waals surface area contributed by atoms with E-state index in [1.807, 2.05) is 17.5 Å². The summed E-state index contributed by atoms with van der Waals surface area (Å²) in [7, 11) is 1.60. The van der Waals surface area contributed by atoms with Gasteiger partial charge in [-0.25, -0.2) is 4.39 Å². The maximum atomic E-state index is 13.3. The highest BCUT2D eigenvalue weighted by atomic mass is 79.9. The first kappa shape index (κ1) is 16.1. The molecule has 0 unspecified atom stereocenters. The van der Waals surface area contributed by atoms with Crippen LogP contribution >= 0.6 is 27.3 Å². The second-order valence-electron chi connectivity index (χ2n) is 4.43. The van der Waals surface area contributed by atoms with E-state index in [0.29, 0.717) is 25.3 Å². The largest absolute Gasteiger partial charge is 0.383 e. The maximum absolute atomic E-state index is 13.3. The average Bonchev–Trinajstić information content (AvgIpc) is 2.98. The summed E-state index contributed by atoms with van der Waals surface area (Å²) in [6.07, 6.45) is 0. The number of hydrogen-bond acceptors (Lipinski definition) is 3. The Morgan fingerprint density at radius 1 is 1.43 bits per heavy atom. The number of thiophene rings is 1. The van der Waals surface area contributed by atoms with Gasteiger partial charge in [-0.2, -0.15) is 0 Å². The highest BCUT2D eigenvalue weighted by Gasteiger charge is 2.17. The molecular weight excluding hydrogens is 357 g/mol. The lowest BCUT2D eigenvalue weighted by Crippen LogP contribution is -2.33. The molecule has 1 aromatic carbocycles. The van der Waals surface area contributed by atoms with Crippen LogP contribution in [0.15, 0.2) is 40.2 Å². The molecule has 0 spiro atoms. The number of ether oxygens (including phenoxy) is 1. The summed E-state index contributed by atoms with van der Waals surface area (Å²) in [6.45, 7) is 1.47. The first-order chi connectivity index (χ1) is 10.1. The Bertz CT molecular complexity index is 604. The van der Waals surface area contributed by atoms with Crippen molar-refractivity contribution in [2.75, 3.05) is 20.3 Å². The molecule has 1 aromatic heterocycles. The molecule has 0 saturated heterocycles. The van der Waals surface area contributed by atoms with Crippen LogP contribution in [0.2, 0.25) is 0 Å². The van der Waals surface area contributed by atoms with Crippen molar-refractivity contribution in [2.45, 2.75) is 6.54 Å². The number of hydrogen-bond donors (Lipinski definition) is 0. The van der Waals surface area contributed by atoms with Crippen molar-refractivity contribution < 1.29 is 13.9 Å². The van der Waals surface area contributed by atoms with E-state index >= 15 is 0 Å². The van der Waals surface area contributed by atoms with Crippen molar-refractivity contribution in [3.8, 4) is 0 Å². The Balaban J connectivity index is 2.18.